The standard InChI is InChI=1S/C24H26N6O3/c1-15-3-4-20-17(11-15)12-18(13-26-20)19-14-27-30-22(25)21(16(2)31)24(28-23(19)30)33-10-7-29-5-8-32-9-6-29/h3-4,11-14H,5-10,25H2,1-2H3. The molecule has 33 heavy (non-hydrogen) atoms. The van der Waals surface area contributed by atoms with E-state index in [2.05, 4.69) is 32.1 Å². The fourth-order valence-electron chi connectivity index (χ4n) is 4.13. The lowest BCUT2D eigenvalue weighted by Gasteiger charge is -2.26. The first-order chi connectivity index (χ1) is 16.0. The van der Waals surface area contributed by atoms with Crippen molar-refractivity contribution < 1.29 is 14.3 Å². The Balaban J connectivity index is 1.52. The molecule has 0 aliphatic carbocycles. The highest BCUT2D eigenvalue weighted by Crippen LogP contribution is 2.31. The van der Waals surface area contributed by atoms with Gasteiger partial charge in [0.2, 0.25) is 5.88 Å². The number of aromatic nitrogens is 4. The van der Waals surface area contributed by atoms with Crippen LogP contribution in [0.1, 0.15) is 22.8 Å². The Bertz CT molecular complexity index is 1340. The quantitative estimate of drug-likeness (QED) is 0.451. The Morgan fingerprint density at radius 3 is 2.82 bits per heavy atom. The van der Waals surface area contributed by atoms with E-state index < -0.39 is 0 Å². The molecule has 1 aliphatic heterocycles. The van der Waals surface area contributed by atoms with Gasteiger partial charge in [-0.1, -0.05) is 11.6 Å². The van der Waals surface area contributed by atoms with E-state index in [-0.39, 0.29) is 23.0 Å². The number of Topliss-reactive ketones (excluding diaryl/α,β-unsaturated/α-hetero) is 1. The summed E-state index contributed by atoms with van der Waals surface area (Å²) in [5.74, 6) is 0.222. The fourth-order valence-corrected chi connectivity index (χ4v) is 4.13. The first kappa shape index (κ1) is 21.3. The van der Waals surface area contributed by atoms with Gasteiger partial charge in [-0.15, -0.1) is 0 Å². The number of fused-ring (bicyclic) bond motifs is 2. The molecule has 170 valence electrons. The summed E-state index contributed by atoms with van der Waals surface area (Å²) < 4.78 is 12.9. The molecule has 4 aromatic rings. The molecule has 0 unspecified atom stereocenters. The Hall–Kier alpha value is -3.56. The third-order valence-corrected chi connectivity index (χ3v) is 5.90. The Morgan fingerprint density at radius 1 is 1.21 bits per heavy atom. The zero-order valence-electron chi connectivity index (χ0n) is 18.7. The molecule has 0 atom stereocenters. The predicted octanol–water partition coefficient (Wildman–Crippen LogP) is 2.75. The molecular weight excluding hydrogens is 420 g/mol. The molecule has 4 heterocycles. The monoisotopic (exact) mass is 446 g/mol. The molecule has 0 saturated carbocycles. The number of hydrogen-bond acceptors (Lipinski definition) is 8. The van der Waals surface area contributed by atoms with Gasteiger partial charge in [-0.2, -0.15) is 14.6 Å². The van der Waals surface area contributed by atoms with E-state index in [1.807, 2.05) is 19.1 Å². The zero-order valence-corrected chi connectivity index (χ0v) is 18.7. The Kier molecular flexibility index (Phi) is 5.65. The average molecular weight is 447 g/mol. The van der Waals surface area contributed by atoms with Crippen molar-refractivity contribution in [3.8, 4) is 17.0 Å². The average Bonchev–Trinajstić information content (AvgIpc) is 3.23. The van der Waals surface area contributed by atoms with E-state index in [9.17, 15) is 4.79 Å². The van der Waals surface area contributed by atoms with Crippen molar-refractivity contribution in [1.29, 1.82) is 0 Å². The Labute approximate surface area is 191 Å². The number of carbonyl (C=O) groups is 1. The zero-order chi connectivity index (χ0) is 22.9. The number of carbonyl (C=O) groups excluding carboxylic acids is 1. The minimum Gasteiger partial charge on any atom is -0.476 e. The van der Waals surface area contributed by atoms with Gasteiger partial charge in [-0.25, -0.2) is 0 Å². The third-order valence-electron chi connectivity index (χ3n) is 5.90. The van der Waals surface area contributed by atoms with Gasteiger partial charge in [-0.05, 0) is 32.0 Å². The van der Waals surface area contributed by atoms with Crippen molar-refractivity contribution in [3.05, 3.63) is 47.8 Å². The number of anilines is 1. The second-order valence-corrected chi connectivity index (χ2v) is 8.25. The molecule has 2 N–H and O–H groups in total. The van der Waals surface area contributed by atoms with Crippen LogP contribution >= 0.6 is 0 Å². The fraction of sp³-hybridized carbons (Fsp3) is 0.333. The van der Waals surface area contributed by atoms with Gasteiger partial charge in [0.05, 0.1) is 24.9 Å². The van der Waals surface area contributed by atoms with Gasteiger partial charge in [0.1, 0.15) is 18.0 Å². The summed E-state index contributed by atoms with van der Waals surface area (Å²) in [6, 6.07) is 8.19. The number of ether oxygens (including phenoxy) is 2. The van der Waals surface area contributed by atoms with Crippen molar-refractivity contribution in [2.45, 2.75) is 13.8 Å². The van der Waals surface area contributed by atoms with Gasteiger partial charge in [0, 0.05) is 42.3 Å². The summed E-state index contributed by atoms with van der Waals surface area (Å²) in [6.45, 7) is 7.76. The molecular formula is C24H26N6O3. The lowest BCUT2D eigenvalue weighted by Crippen LogP contribution is -2.38. The van der Waals surface area contributed by atoms with Crippen LogP contribution in [-0.4, -0.2) is 69.7 Å². The van der Waals surface area contributed by atoms with Crippen LogP contribution in [0.3, 0.4) is 0 Å². The van der Waals surface area contributed by atoms with Crippen molar-refractivity contribution >= 4 is 28.2 Å². The largest absolute Gasteiger partial charge is 0.476 e. The van der Waals surface area contributed by atoms with E-state index in [1.54, 1.807) is 12.4 Å². The van der Waals surface area contributed by atoms with Gasteiger partial charge in [-0.3, -0.25) is 14.7 Å². The lowest BCUT2D eigenvalue weighted by molar-refractivity contribution is 0.0319. The van der Waals surface area contributed by atoms with Crippen molar-refractivity contribution in [2.24, 2.45) is 0 Å². The molecule has 0 spiro atoms. The van der Waals surface area contributed by atoms with Gasteiger partial charge in [0.15, 0.2) is 11.4 Å². The number of ketones is 1. The van der Waals surface area contributed by atoms with Crippen LogP contribution < -0.4 is 10.5 Å². The van der Waals surface area contributed by atoms with E-state index in [0.717, 1.165) is 40.7 Å². The van der Waals surface area contributed by atoms with Crippen LogP contribution in [0.15, 0.2) is 36.7 Å². The second kappa shape index (κ2) is 8.76. The van der Waals surface area contributed by atoms with Crippen molar-refractivity contribution in [2.75, 3.05) is 45.2 Å². The molecule has 1 aromatic carbocycles. The molecule has 0 bridgehead atoms. The van der Waals surface area contributed by atoms with Crippen molar-refractivity contribution in [3.63, 3.8) is 0 Å². The number of aryl methyl sites for hydroxylation is 1. The van der Waals surface area contributed by atoms with Crippen LogP contribution in [0.2, 0.25) is 0 Å². The minimum atomic E-state index is -0.219. The van der Waals surface area contributed by atoms with Gasteiger partial charge >= 0.3 is 0 Å². The maximum absolute atomic E-state index is 12.4. The molecule has 0 amide bonds. The van der Waals surface area contributed by atoms with Crippen LogP contribution in [0.25, 0.3) is 27.7 Å². The highest BCUT2D eigenvalue weighted by molar-refractivity contribution is 6.01. The topological polar surface area (TPSA) is 108 Å². The first-order valence-corrected chi connectivity index (χ1v) is 11.0. The molecule has 1 saturated heterocycles. The summed E-state index contributed by atoms with van der Waals surface area (Å²) in [7, 11) is 0. The van der Waals surface area contributed by atoms with Crippen LogP contribution in [0, 0.1) is 6.92 Å². The SMILES string of the molecule is CC(=O)c1c(OCCN2CCOCC2)nc2c(-c3cnc4ccc(C)cc4c3)cnn2c1N. The summed E-state index contributed by atoms with van der Waals surface area (Å²) in [6.07, 6.45) is 3.49. The molecule has 9 heteroatoms. The van der Waals surface area contributed by atoms with E-state index in [1.165, 1.54) is 11.4 Å². The Morgan fingerprint density at radius 2 is 2.03 bits per heavy atom. The normalized spacial score (nSPS) is 14.7. The number of rotatable bonds is 6. The summed E-state index contributed by atoms with van der Waals surface area (Å²) in [4.78, 5) is 23.9. The number of nitrogen functional groups attached to an aromatic ring is 1. The number of nitrogens with two attached hydrogens (primary N) is 1. The smallest absolute Gasteiger partial charge is 0.230 e. The number of hydrogen-bond donors (Lipinski definition) is 1. The highest BCUT2D eigenvalue weighted by Gasteiger charge is 2.22. The number of nitrogens with zero attached hydrogens (tertiary/aromatic N) is 5. The molecule has 5 rings (SSSR count). The summed E-state index contributed by atoms with van der Waals surface area (Å²) in [5.41, 5.74) is 10.8. The number of benzene rings is 1. The van der Waals surface area contributed by atoms with Gasteiger partial charge < -0.3 is 15.2 Å². The van der Waals surface area contributed by atoms with Crippen LogP contribution in [-0.2, 0) is 4.74 Å². The number of morpholine rings is 1. The molecule has 0 radical (unpaired) electrons. The first-order valence-electron chi connectivity index (χ1n) is 11.0. The van der Waals surface area contributed by atoms with E-state index in [0.29, 0.717) is 32.0 Å². The molecule has 9 nitrogen and oxygen atoms in total. The maximum atomic E-state index is 12.4. The molecule has 1 aliphatic rings. The summed E-state index contributed by atoms with van der Waals surface area (Å²) >= 11 is 0. The van der Waals surface area contributed by atoms with Crippen LogP contribution in [0.4, 0.5) is 5.82 Å². The second-order valence-electron chi connectivity index (χ2n) is 8.25. The minimum absolute atomic E-state index is 0.213. The predicted molar refractivity (Wildman–Crippen MR) is 126 cm³/mol. The maximum Gasteiger partial charge on any atom is 0.230 e. The van der Waals surface area contributed by atoms with Crippen LogP contribution in [0.5, 0.6) is 5.88 Å². The number of pyridine rings is 1. The third kappa shape index (κ3) is 4.12. The highest BCUT2D eigenvalue weighted by atomic mass is 16.5. The van der Waals surface area contributed by atoms with E-state index in [4.69, 9.17) is 15.2 Å². The lowest BCUT2D eigenvalue weighted by atomic mass is 10.1. The molecule has 1 fully saturated rings. The van der Waals surface area contributed by atoms with Crippen molar-refractivity contribution in [1.82, 2.24) is 24.5 Å². The summed E-state index contributed by atoms with van der Waals surface area (Å²) in [5, 5.41) is 5.43. The van der Waals surface area contributed by atoms with E-state index >= 15 is 0 Å². The molecule has 3 aromatic heterocycles. The van der Waals surface area contributed by atoms with Gasteiger partial charge in [0.25, 0.3) is 0 Å².